The van der Waals surface area contributed by atoms with Crippen LogP contribution in [0, 0.1) is 0 Å². The first-order valence-corrected chi connectivity index (χ1v) is 9.50. The molecule has 0 atom stereocenters. The molecule has 2 amide bonds. The molecule has 2 aromatic rings. The lowest BCUT2D eigenvalue weighted by Gasteiger charge is -2.43. The van der Waals surface area contributed by atoms with Gasteiger partial charge < -0.3 is 9.64 Å². The summed E-state index contributed by atoms with van der Waals surface area (Å²) in [4.78, 5) is 27.6. The fourth-order valence-corrected chi connectivity index (χ4v) is 4.23. The second-order valence-electron chi connectivity index (χ2n) is 7.23. The van der Waals surface area contributed by atoms with E-state index in [2.05, 4.69) is 48.5 Å². The summed E-state index contributed by atoms with van der Waals surface area (Å²) in [5.41, 5.74) is 2.52. The number of hydrogen-bond acceptors (Lipinski definition) is 3. The number of benzene rings is 2. The Morgan fingerprint density at radius 3 is 1.93 bits per heavy atom. The lowest BCUT2D eigenvalue weighted by molar-refractivity contribution is -0.133. The Morgan fingerprint density at radius 1 is 0.889 bits per heavy atom. The molecule has 2 fully saturated rings. The number of piperidine rings is 1. The maximum absolute atomic E-state index is 12.7. The summed E-state index contributed by atoms with van der Waals surface area (Å²) in [7, 11) is 0. The SMILES string of the molecule is O=C(CN1CCOC1=O)N1CCC(c2ccccc2)(c2ccccc2)CC1. The van der Waals surface area contributed by atoms with Crippen LogP contribution in [0.4, 0.5) is 4.79 Å². The molecule has 5 nitrogen and oxygen atoms in total. The third-order valence-electron chi connectivity index (χ3n) is 5.79. The molecule has 0 radical (unpaired) electrons. The minimum atomic E-state index is -0.386. The number of carbonyl (C=O) groups is 2. The summed E-state index contributed by atoms with van der Waals surface area (Å²) in [5.74, 6) is 0.00331. The van der Waals surface area contributed by atoms with E-state index in [9.17, 15) is 9.59 Å². The van der Waals surface area contributed by atoms with Crippen molar-refractivity contribution >= 4 is 12.0 Å². The van der Waals surface area contributed by atoms with Gasteiger partial charge in [0.2, 0.25) is 5.91 Å². The van der Waals surface area contributed by atoms with Crippen molar-refractivity contribution in [2.24, 2.45) is 0 Å². The number of amides is 2. The summed E-state index contributed by atoms with van der Waals surface area (Å²) in [6.07, 6.45) is 1.36. The first kappa shape index (κ1) is 17.6. The molecule has 0 aliphatic carbocycles. The van der Waals surface area contributed by atoms with Gasteiger partial charge in [-0.05, 0) is 24.0 Å². The van der Waals surface area contributed by atoms with Gasteiger partial charge in [-0.1, -0.05) is 60.7 Å². The minimum Gasteiger partial charge on any atom is -0.448 e. The highest BCUT2D eigenvalue weighted by atomic mass is 16.6. The Morgan fingerprint density at radius 2 is 1.44 bits per heavy atom. The van der Waals surface area contributed by atoms with Crippen molar-refractivity contribution in [2.45, 2.75) is 18.3 Å². The van der Waals surface area contributed by atoms with Gasteiger partial charge in [0.05, 0.1) is 6.54 Å². The molecule has 2 aliphatic heterocycles. The van der Waals surface area contributed by atoms with Gasteiger partial charge in [0.1, 0.15) is 13.2 Å². The third-order valence-corrected chi connectivity index (χ3v) is 5.79. The van der Waals surface area contributed by atoms with Gasteiger partial charge >= 0.3 is 6.09 Å². The first-order valence-electron chi connectivity index (χ1n) is 9.50. The number of cyclic esters (lactones) is 1. The van der Waals surface area contributed by atoms with Crippen molar-refractivity contribution in [3.63, 3.8) is 0 Å². The highest BCUT2D eigenvalue weighted by Gasteiger charge is 2.39. The third kappa shape index (κ3) is 3.42. The number of hydrogen-bond donors (Lipinski definition) is 0. The fourth-order valence-electron chi connectivity index (χ4n) is 4.23. The van der Waals surface area contributed by atoms with Gasteiger partial charge in [-0.25, -0.2) is 4.79 Å². The van der Waals surface area contributed by atoms with Crippen molar-refractivity contribution in [3.05, 3.63) is 71.8 Å². The van der Waals surface area contributed by atoms with Crippen molar-refractivity contribution in [2.75, 3.05) is 32.8 Å². The number of carbonyl (C=O) groups excluding carboxylic acids is 2. The second-order valence-corrected chi connectivity index (χ2v) is 7.23. The van der Waals surface area contributed by atoms with E-state index < -0.39 is 0 Å². The molecule has 2 saturated heterocycles. The Labute approximate surface area is 159 Å². The van der Waals surface area contributed by atoms with Gasteiger partial charge in [0.15, 0.2) is 0 Å². The van der Waals surface area contributed by atoms with Crippen LogP contribution in [-0.4, -0.2) is 54.6 Å². The summed E-state index contributed by atoms with van der Waals surface area (Å²) in [6.45, 7) is 2.35. The van der Waals surface area contributed by atoms with E-state index in [1.54, 1.807) is 0 Å². The molecule has 27 heavy (non-hydrogen) atoms. The molecular weight excluding hydrogens is 340 g/mol. The number of likely N-dealkylation sites (tertiary alicyclic amines) is 1. The molecule has 0 bridgehead atoms. The van der Waals surface area contributed by atoms with Crippen LogP contribution in [0.2, 0.25) is 0 Å². The molecular formula is C22H24N2O3. The van der Waals surface area contributed by atoms with E-state index >= 15 is 0 Å². The Bertz CT molecular complexity index is 757. The van der Waals surface area contributed by atoms with Gasteiger partial charge in [-0.2, -0.15) is 0 Å². The van der Waals surface area contributed by atoms with E-state index in [4.69, 9.17) is 4.74 Å². The average Bonchev–Trinajstić information content (AvgIpc) is 3.14. The van der Waals surface area contributed by atoms with Crippen LogP contribution in [0.1, 0.15) is 24.0 Å². The predicted molar refractivity (Wildman–Crippen MR) is 102 cm³/mol. The van der Waals surface area contributed by atoms with E-state index in [0.29, 0.717) is 26.2 Å². The smallest absolute Gasteiger partial charge is 0.410 e. The Balaban J connectivity index is 1.52. The highest BCUT2D eigenvalue weighted by Crippen LogP contribution is 2.41. The zero-order valence-corrected chi connectivity index (χ0v) is 15.3. The van der Waals surface area contributed by atoms with Gasteiger partial charge in [-0.15, -0.1) is 0 Å². The van der Waals surface area contributed by atoms with Crippen molar-refractivity contribution < 1.29 is 14.3 Å². The van der Waals surface area contributed by atoms with Crippen molar-refractivity contribution in [1.29, 1.82) is 0 Å². The zero-order chi connectivity index (χ0) is 18.7. The highest BCUT2D eigenvalue weighted by molar-refractivity contribution is 5.83. The van der Waals surface area contributed by atoms with Crippen molar-refractivity contribution in [1.82, 2.24) is 9.80 Å². The first-order chi connectivity index (χ1) is 13.2. The number of ether oxygens (including phenoxy) is 1. The fraction of sp³-hybridized carbons (Fsp3) is 0.364. The summed E-state index contributed by atoms with van der Waals surface area (Å²) >= 11 is 0. The summed E-state index contributed by atoms with van der Waals surface area (Å²) in [6, 6.07) is 21.1. The van der Waals surface area contributed by atoms with E-state index in [-0.39, 0.29) is 24.0 Å². The lowest BCUT2D eigenvalue weighted by atomic mass is 9.68. The Kier molecular flexibility index (Phi) is 4.84. The lowest BCUT2D eigenvalue weighted by Crippen LogP contribution is -2.48. The molecule has 0 saturated carbocycles. The van der Waals surface area contributed by atoms with Gasteiger partial charge in [0, 0.05) is 18.5 Å². The predicted octanol–water partition coefficient (Wildman–Crippen LogP) is 3.05. The molecule has 2 aliphatic rings. The monoisotopic (exact) mass is 364 g/mol. The number of nitrogens with zero attached hydrogens (tertiary/aromatic N) is 2. The molecule has 2 aromatic carbocycles. The maximum Gasteiger partial charge on any atom is 0.410 e. The summed E-state index contributed by atoms with van der Waals surface area (Å²) < 4.78 is 4.92. The zero-order valence-electron chi connectivity index (χ0n) is 15.3. The largest absolute Gasteiger partial charge is 0.448 e. The van der Waals surface area contributed by atoms with Gasteiger partial charge in [0.25, 0.3) is 0 Å². The van der Waals surface area contributed by atoms with Crippen molar-refractivity contribution in [3.8, 4) is 0 Å². The standard InChI is InChI=1S/C22H24N2O3/c25-20(17-24-15-16-27-21(24)26)23-13-11-22(12-14-23,18-7-3-1-4-8-18)19-9-5-2-6-10-19/h1-10H,11-17H2. The molecule has 0 unspecified atom stereocenters. The van der Waals surface area contributed by atoms with Crippen LogP contribution in [0.5, 0.6) is 0 Å². The van der Waals surface area contributed by atoms with Crippen LogP contribution < -0.4 is 0 Å². The molecule has 140 valence electrons. The van der Waals surface area contributed by atoms with Crippen LogP contribution in [0.25, 0.3) is 0 Å². The number of rotatable bonds is 4. The van der Waals surface area contributed by atoms with Crippen LogP contribution >= 0.6 is 0 Å². The molecule has 0 aromatic heterocycles. The van der Waals surface area contributed by atoms with E-state index in [1.165, 1.54) is 16.0 Å². The van der Waals surface area contributed by atoms with Gasteiger partial charge in [-0.3, -0.25) is 9.69 Å². The van der Waals surface area contributed by atoms with E-state index in [1.807, 2.05) is 17.0 Å². The Hall–Kier alpha value is -2.82. The van der Waals surface area contributed by atoms with Crippen LogP contribution in [-0.2, 0) is 14.9 Å². The summed E-state index contributed by atoms with van der Waals surface area (Å²) in [5, 5.41) is 0. The molecule has 0 spiro atoms. The molecule has 5 heteroatoms. The maximum atomic E-state index is 12.7. The van der Waals surface area contributed by atoms with Crippen LogP contribution in [0.15, 0.2) is 60.7 Å². The van der Waals surface area contributed by atoms with Crippen LogP contribution in [0.3, 0.4) is 0 Å². The second kappa shape index (κ2) is 7.43. The molecule has 4 rings (SSSR count). The molecule has 0 N–H and O–H groups in total. The molecule has 2 heterocycles. The van der Waals surface area contributed by atoms with E-state index in [0.717, 1.165) is 12.8 Å². The quantitative estimate of drug-likeness (QED) is 0.838. The average molecular weight is 364 g/mol. The topological polar surface area (TPSA) is 49.9 Å². The normalized spacial score (nSPS) is 19.0. The minimum absolute atomic E-state index is 0.00331.